The third-order valence-electron chi connectivity index (χ3n) is 2.62. The van der Waals surface area contributed by atoms with Gasteiger partial charge in [-0.25, -0.2) is 4.99 Å². The highest BCUT2D eigenvalue weighted by Crippen LogP contribution is 2.31. The van der Waals surface area contributed by atoms with Crippen molar-refractivity contribution in [2.45, 2.75) is 19.6 Å². The number of aryl methyl sites for hydroxylation is 1. The van der Waals surface area contributed by atoms with Gasteiger partial charge in [0.15, 0.2) is 0 Å². The third-order valence-corrected chi connectivity index (χ3v) is 2.62. The van der Waals surface area contributed by atoms with Gasteiger partial charge in [-0.1, -0.05) is 6.07 Å². The van der Waals surface area contributed by atoms with E-state index in [9.17, 15) is 0 Å². The Balaban J connectivity index is 2.51. The molecule has 0 radical (unpaired) electrons. The molecular formula is C14H15NO2. The van der Waals surface area contributed by atoms with Crippen LogP contribution in [0.3, 0.4) is 0 Å². The van der Waals surface area contributed by atoms with Gasteiger partial charge in [0, 0.05) is 7.11 Å². The molecular weight excluding hydrogens is 214 g/mol. The van der Waals surface area contributed by atoms with Gasteiger partial charge in [-0.3, -0.25) is 0 Å². The van der Waals surface area contributed by atoms with Gasteiger partial charge in [-0.2, -0.15) is 0 Å². The van der Waals surface area contributed by atoms with Crippen molar-refractivity contribution in [3.8, 4) is 18.1 Å². The fourth-order valence-electron chi connectivity index (χ4n) is 1.91. The first-order valence-electron chi connectivity index (χ1n) is 5.43. The SMILES string of the molecule is C#CC1=NC(C)(COC)Oc2cc(C)ccc21. The molecule has 0 aromatic heterocycles. The number of hydrogen-bond acceptors (Lipinski definition) is 3. The van der Waals surface area contributed by atoms with Crippen molar-refractivity contribution < 1.29 is 9.47 Å². The zero-order chi connectivity index (χ0) is 12.5. The van der Waals surface area contributed by atoms with Crippen molar-refractivity contribution in [3.63, 3.8) is 0 Å². The Morgan fingerprint density at radius 2 is 2.29 bits per heavy atom. The number of nitrogens with zero attached hydrogens (tertiary/aromatic N) is 1. The number of hydrogen-bond donors (Lipinski definition) is 0. The number of ether oxygens (including phenoxy) is 2. The second-order valence-corrected chi connectivity index (χ2v) is 4.31. The van der Waals surface area contributed by atoms with Crippen molar-refractivity contribution in [2.75, 3.05) is 13.7 Å². The minimum absolute atomic E-state index is 0.367. The first kappa shape index (κ1) is 11.7. The highest BCUT2D eigenvalue weighted by molar-refractivity contribution is 6.15. The first-order valence-corrected chi connectivity index (χ1v) is 5.43. The summed E-state index contributed by atoms with van der Waals surface area (Å²) < 4.78 is 11.0. The third kappa shape index (κ3) is 2.17. The van der Waals surface area contributed by atoms with Crippen LogP contribution in [-0.2, 0) is 4.74 Å². The van der Waals surface area contributed by atoms with E-state index in [0.29, 0.717) is 12.3 Å². The van der Waals surface area contributed by atoms with Gasteiger partial charge < -0.3 is 9.47 Å². The summed E-state index contributed by atoms with van der Waals surface area (Å²) in [5.41, 5.74) is 1.87. The Morgan fingerprint density at radius 1 is 1.53 bits per heavy atom. The lowest BCUT2D eigenvalue weighted by molar-refractivity contribution is 0.00835. The Morgan fingerprint density at radius 3 is 2.94 bits per heavy atom. The molecule has 0 bridgehead atoms. The highest BCUT2D eigenvalue weighted by atomic mass is 16.6. The summed E-state index contributed by atoms with van der Waals surface area (Å²) in [6.07, 6.45) is 5.50. The standard InChI is InChI=1S/C14H15NO2/c1-5-12-11-7-6-10(2)8-13(11)17-14(3,15-12)9-16-4/h1,6-8H,9H2,2-4H3. The van der Waals surface area contributed by atoms with Gasteiger partial charge in [0.1, 0.15) is 18.1 Å². The maximum absolute atomic E-state index is 5.86. The number of aliphatic imine (C=N–C) groups is 1. The molecule has 17 heavy (non-hydrogen) atoms. The van der Waals surface area contributed by atoms with Crippen LogP contribution in [0.4, 0.5) is 0 Å². The highest BCUT2D eigenvalue weighted by Gasteiger charge is 2.32. The smallest absolute Gasteiger partial charge is 0.221 e. The van der Waals surface area contributed by atoms with Crippen molar-refractivity contribution in [1.29, 1.82) is 0 Å². The zero-order valence-corrected chi connectivity index (χ0v) is 10.3. The number of terminal acetylenes is 1. The lowest BCUT2D eigenvalue weighted by Crippen LogP contribution is -2.39. The Bertz CT molecular complexity index is 513. The topological polar surface area (TPSA) is 30.8 Å². The van der Waals surface area contributed by atoms with Gasteiger partial charge in [0.05, 0.1) is 5.56 Å². The maximum atomic E-state index is 5.86. The largest absolute Gasteiger partial charge is 0.463 e. The molecule has 3 heteroatoms. The molecule has 1 heterocycles. The molecule has 3 nitrogen and oxygen atoms in total. The molecule has 1 aromatic rings. The second kappa shape index (κ2) is 4.23. The summed E-state index contributed by atoms with van der Waals surface area (Å²) in [6, 6.07) is 5.90. The predicted molar refractivity (Wildman–Crippen MR) is 67.5 cm³/mol. The number of fused-ring (bicyclic) bond motifs is 1. The van der Waals surface area contributed by atoms with E-state index in [1.807, 2.05) is 32.0 Å². The Labute approximate surface area is 101 Å². The molecule has 0 aliphatic carbocycles. The molecule has 0 saturated heterocycles. The van der Waals surface area contributed by atoms with Crippen molar-refractivity contribution >= 4 is 5.71 Å². The van der Waals surface area contributed by atoms with E-state index in [-0.39, 0.29) is 0 Å². The first-order chi connectivity index (χ1) is 8.08. The van der Waals surface area contributed by atoms with E-state index in [4.69, 9.17) is 15.9 Å². The van der Waals surface area contributed by atoms with Crippen LogP contribution in [0.25, 0.3) is 0 Å². The second-order valence-electron chi connectivity index (χ2n) is 4.31. The van der Waals surface area contributed by atoms with E-state index < -0.39 is 5.72 Å². The van der Waals surface area contributed by atoms with Gasteiger partial charge in [-0.15, -0.1) is 6.42 Å². The van der Waals surface area contributed by atoms with Crippen molar-refractivity contribution in [2.24, 2.45) is 4.99 Å². The lowest BCUT2D eigenvalue weighted by Gasteiger charge is -2.31. The molecule has 0 fully saturated rings. The zero-order valence-electron chi connectivity index (χ0n) is 10.3. The van der Waals surface area contributed by atoms with Crippen LogP contribution in [0.1, 0.15) is 18.1 Å². The molecule has 0 saturated carbocycles. The number of rotatable bonds is 2. The average molecular weight is 229 g/mol. The summed E-state index contributed by atoms with van der Waals surface area (Å²) in [6.45, 7) is 4.24. The van der Waals surface area contributed by atoms with E-state index in [2.05, 4.69) is 10.9 Å². The normalized spacial score (nSPS) is 22.1. The minimum Gasteiger partial charge on any atom is -0.463 e. The van der Waals surface area contributed by atoms with Crippen LogP contribution < -0.4 is 4.74 Å². The average Bonchev–Trinajstić information content (AvgIpc) is 2.27. The summed E-state index contributed by atoms with van der Waals surface area (Å²) in [7, 11) is 1.62. The lowest BCUT2D eigenvalue weighted by atomic mass is 10.0. The molecule has 2 rings (SSSR count). The molecule has 1 aliphatic heterocycles. The van der Waals surface area contributed by atoms with Gasteiger partial charge in [0.25, 0.3) is 0 Å². The minimum atomic E-state index is -0.739. The van der Waals surface area contributed by atoms with E-state index in [1.54, 1.807) is 7.11 Å². The molecule has 1 atom stereocenters. The molecule has 1 aromatic carbocycles. The van der Waals surface area contributed by atoms with Gasteiger partial charge in [0.2, 0.25) is 5.72 Å². The van der Waals surface area contributed by atoms with Gasteiger partial charge in [-0.05, 0) is 37.5 Å². The quantitative estimate of drug-likeness (QED) is 0.728. The van der Waals surface area contributed by atoms with E-state index in [0.717, 1.165) is 16.9 Å². The molecule has 0 amide bonds. The van der Waals surface area contributed by atoms with Gasteiger partial charge >= 0.3 is 0 Å². The fourth-order valence-corrected chi connectivity index (χ4v) is 1.91. The Hall–Kier alpha value is -1.79. The summed E-state index contributed by atoms with van der Waals surface area (Å²) in [4.78, 5) is 4.43. The van der Waals surface area contributed by atoms with Crippen molar-refractivity contribution in [1.82, 2.24) is 0 Å². The number of methoxy groups -OCH3 is 1. The molecule has 0 N–H and O–H groups in total. The van der Waals surface area contributed by atoms with Crippen LogP contribution in [0.5, 0.6) is 5.75 Å². The number of benzene rings is 1. The van der Waals surface area contributed by atoms with Crippen LogP contribution in [0.2, 0.25) is 0 Å². The molecule has 0 spiro atoms. The van der Waals surface area contributed by atoms with Crippen LogP contribution in [0.15, 0.2) is 23.2 Å². The van der Waals surface area contributed by atoms with Crippen LogP contribution >= 0.6 is 0 Å². The molecule has 1 aliphatic rings. The summed E-state index contributed by atoms with van der Waals surface area (Å²) in [5.74, 6) is 3.38. The van der Waals surface area contributed by atoms with Crippen molar-refractivity contribution in [3.05, 3.63) is 29.3 Å². The summed E-state index contributed by atoms with van der Waals surface area (Å²) >= 11 is 0. The van der Waals surface area contributed by atoms with Crippen LogP contribution in [-0.4, -0.2) is 25.2 Å². The fraction of sp³-hybridized carbons (Fsp3) is 0.357. The van der Waals surface area contributed by atoms with E-state index >= 15 is 0 Å². The Kier molecular flexibility index (Phi) is 2.91. The monoisotopic (exact) mass is 229 g/mol. The summed E-state index contributed by atoms with van der Waals surface area (Å²) in [5, 5.41) is 0. The van der Waals surface area contributed by atoms with Crippen LogP contribution in [0, 0.1) is 19.3 Å². The van der Waals surface area contributed by atoms with E-state index in [1.165, 1.54) is 0 Å². The molecule has 88 valence electrons. The maximum Gasteiger partial charge on any atom is 0.221 e. The molecule has 1 unspecified atom stereocenters. The predicted octanol–water partition coefficient (Wildman–Crippen LogP) is 2.17.